The number of hydrogen-bond donors (Lipinski definition) is 10. The number of aliphatic hydroxyl groups is 10. The average molecular weight is 789 g/mol. The molecule has 314 valence electrons. The monoisotopic (exact) mass is 788 g/mol. The molecule has 3 saturated heterocycles. The Morgan fingerprint density at radius 2 is 1.33 bits per heavy atom. The molecule has 1 spiro atoms. The van der Waals surface area contributed by atoms with E-state index < -0.39 is 122 Å². The van der Waals surface area contributed by atoms with Crippen molar-refractivity contribution in [3.05, 3.63) is 12.2 Å². The minimum Gasteiger partial charge on any atom is -0.432 e. The molecule has 17 heteroatoms. The summed E-state index contributed by atoms with van der Waals surface area (Å²) in [5.41, 5.74) is -1.66. The number of ether oxygens (including phenoxy) is 6. The van der Waals surface area contributed by atoms with E-state index in [2.05, 4.69) is 13.5 Å². The Labute approximate surface area is 319 Å². The Hall–Kier alpha value is -1.39. The Kier molecular flexibility index (Phi) is 11.4. The third-order valence-corrected chi connectivity index (χ3v) is 14.9. The van der Waals surface area contributed by atoms with Gasteiger partial charge in [0.15, 0.2) is 12.6 Å². The number of rotatable bonds is 8. The summed E-state index contributed by atoms with van der Waals surface area (Å²) in [5, 5.41) is 104. The highest BCUT2D eigenvalue weighted by atomic mass is 16.8. The Morgan fingerprint density at radius 1 is 0.727 bits per heavy atom. The van der Waals surface area contributed by atoms with Crippen LogP contribution < -0.4 is 0 Å². The minimum absolute atomic E-state index is 0.108. The van der Waals surface area contributed by atoms with E-state index in [0.717, 1.165) is 24.8 Å². The molecular formula is C38H60O17. The van der Waals surface area contributed by atoms with Gasteiger partial charge in [0.2, 0.25) is 6.29 Å². The maximum atomic E-state index is 14.1. The van der Waals surface area contributed by atoms with Crippen molar-refractivity contribution in [2.75, 3.05) is 13.2 Å². The molecule has 4 aliphatic carbocycles. The van der Waals surface area contributed by atoms with Crippen molar-refractivity contribution >= 4 is 5.97 Å². The molecule has 3 aliphatic heterocycles. The highest BCUT2D eigenvalue weighted by molar-refractivity contribution is 5.77. The highest BCUT2D eigenvalue weighted by Crippen LogP contribution is 2.73. The first-order chi connectivity index (χ1) is 25.9. The molecule has 55 heavy (non-hydrogen) atoms. The third-order valence-electron chi connectivity index (χ3n) is 14.9. The van der Waals surface area contributed by atoms with E-state index in [1.54, 1.807) is 0 Å². The molecule has 1 unspecified atom stereocenters. The molecule has 7 aliphatic rings. The lowest BCUT2D eigenvalue weighted by molar-refractivity contribution is -0.376. The molecule has 10 N–H and O–H groups in total. The summed E-state index contributed by atoms with van der Waals surface area (Å²) in [6, 6.07) is 0. The van der Waals surface area contributed by atoms with Crippen LogP contribution in [0.25, 0.3) is 0 Å². The molecule has 0 aromatic heterocycles. The van der Waals surface area contributed by atoms with Crippen LogP contribution in [0, 0.1) is 28.1 Å². The number of esters is 1. The molecule has 7 fully saturated rings. The van der Waals surface area contributed by atoms with Gasteiger partial charge in [-0.1, -0.05) is 19.9 Å². The second-order valence-electron chi connectivity index (χ2n) is 18.0. The standard InChI is InChI=1S/C38H60O17/c1-16-12-37-10-6-20-35(3,8-5-9-36(20,4)34(49)54-32-29(48)26(45)23(42)18(13-39)51-32)21(37)7-11-38(16,15-37)55-33-30(27(46)24(43)19(14-40)52-33)53-31-28(47)25(44)22(41)17(2)50-31/h17-33,39-48H,1,5-15H2,2-4H3/t17-,18-,19-,20-,21-,22-,23-,24-,25+,26+,27+,28-,29-,30-,31+,32+,33+,35+,36?,37+,38+/m1/s1. The van der Waals surface area contributed by atoms with Crippen LogP contribution in [0.3, 0.4) is 0 Å². The van der Waals surface area contributed by atoms with Crippen LogP contribution in [-0.4, -0.2) is 168 Å². The largest absolute Gasteiger partial charge is 0.432 e. The molecule has 0 aromatic rings. The SMILES string of the molecule is C=C1C[C@]23CC[C@H]4C(C)(C(=O)O[C@@H]5O[C@H](CO)[C@@H](O)[C@H](O)[C@H]5O)CCC[C@]4(C)[C@H]2CC[C@]1(O[C@@H]1O[C@H](CO)[C@@H](O)[C@H](O)[C@H]1O[C@@H]1O[C@H](C)[C@@H](O)[C@H](O)[C@H]1O)C3. The Balaban J connectivity index is 1.10. The van der Waals surface area contributed by atoms with E-state index in [-0.39, 0.29) is 22.7 Å². The first-order valence-electron chi connectivity index (χ1n) is 19.7. The van der Waals surface area contributed by atoms with Crippen molar-refractivity contribution < 1.29 is 84.3 Å². The van der Waals surface area contributed by atoms with E-state index in [0.29, 0.717) is 38.5 Å². The fourth-order valence-corrected chi connectivity index (χ4v) is 12.0. The molecule has 2 bridgehead atoms. The lowest BCUT2D eigenvalue weighted by Crippen LogP contribution is -2.65. The van der Waals surface area contributed by atoms with Crippen LogP contribution in [0.15, 0.2) is 12.2 Å². The fraction of sp³-hybridized carbons (Fsp3) is 0.921. The van der Waals surface area contributed by atoms with Crippen molar-refractivity contribution in [3.8, 4) is 0 Å². The zero-order valence-electron chi connectivity index (χ0n) is 31.6. The molecule has 7 rings (SSSR count). The first-order valence-corrected chi connectivity index (χ1v) is 19.7. The Morgan fingerprint density at radius 3 is 2.00 bits per heavy atom. The smallest absolute Gasteiger partial charge is 0.314 e. The quantitative estimate of drug-likeness (QED) is 0.0730. The zero-order valence-corrected chi connectivity index (χ0v) is 31.6. The number of aliphatic hydroxyl groups excluding tert-OH is 10. The van der Waals surface area contributed by atoms with Crippen LogP contribution in [0.4, 0.5) is 0 Å². The predicted molar refractivity (Wildman–Crippen MR) is 185 cm³/mol. The minimum atomic E-state index is -1.70. The molecule has 0 radical (unpaired) electrons. The highest BCUT2D eigenvalue weighted by Gasteiger charge is 2.69. The van der Waals surface area contributed by atoms with Gasteiger partial charge in [0.25, 0.3) is 0 Å². The lowest BCUT2D eigenvalue weighted by Gasteiger charge is -2.64. The molecule has 0 amide bonds. The second-order valence-corrected chi connectivity index (χ2v) is 18.0. The van der Waals surface area contributed by atoms with Crippen LogP contribution in [0.1, 0.15) is 78.6 Å². The predicted octanol–water partition coefficient (Wildman–Crippen LogP) is -1.91. The van der Waals surface area contributed by atoms with Crippen molar-refractivity contribution in [2.45, 2.75) is 176 Å². The van der Waals surface area contributed by atoms with E-state index in [9.17, 15) is 55.9 Å². The molecule has 17 nitrogen and oxygen atoms in total. The summed E-state index contributed by atoms with van der Waals surface area (Å²) in [6.45, 7) is 8.81. The summed E-state index contributed by atoms with van der Waals surface area (Å²) in [5.74, 6) is -0.536. The summed E-state index contributed by atoms with van der Waals surface area (Å²) in [4.78, 5) is 14.1. The van der Waals surface area contributed by atoms with Crippen LogP contribution in [0.5, 0.6) is 0 Å². The van der Waals surface area contributed by atoms with Gasteiger partial charge in [-0.2, -0.15) is 0 Å². The van der Waals surface area contributed by atoms with Gasteiger partial charge in [-0.25, -0.2) is 0 Å². The van der Waals surface area contributed by atoms with Gasteiger partial charge in [-0.15, -0.1) is 0 Å². The molecule has 3 heterocycles. The molecule has 4 saturated carbocycles. The number of carbonyl (C=O) groups is 1. The van der Waals surface area contributed by atoms with Gasteiger partial charge in [0, 0.05) is 0 Å². The van der Waals surface area contributed by atoms with Gasteiger partial charge in [0.05, 0.1) is 30.3 Å². The Bertz CT molecular complexity index is 1430. The summed E-state index contributed by atoms with van der Waals surface area (Å²) < 4.78 is 35.8. The van der Waals surface area contributed by atoms with Crippen molar-refractivity contribution in [1.29, 1.82) is 0 Å². The number of carbonyl (C=O) groups excluding carboxylic acids is 1. The van der Waals surface area contributed by atoms with Gasteiger partial charge in [-0.05, 0) is 93.5 Å². The van der Waals surface area contributed by atoms with Gasteiger partial charge < -0.3 is 79.5 Å². The summed E-state index contributed by atoms with van der Waals surface area (Å²) in [7, 11) is 0. The van der Waals surface area contributed by atoms with E-state index in [1.807, 2.05) is 6.92 Å². The first kappa shape index (κ1) is 41.8. The summed E-state index contributed by atoms with van der Waals surface area (Å²) >= 11 is 0. The van der Waals surface area contributed by atoms with Crippen LogP contribution in [0.2, 0.25) is 0 Å². The van der Waals surface area contributed by atoms with Crippen molar-refractivity contribution in [1.82, 2.24) is 0 Å². The van der Waals surface area contributed by atoms with Crippen LogP contribution >= 0.6 is 0 Å². The lowest BCUT2D eigenvalue weighted by atomic mass is 9.41. The molecular weight excluding hydrogens is 728 g/mol. The van der Waals surface area contributed by atoms with E-state index in [1.165, 1.54) is 6.92 Å². The van der Waals surface area contributed by atoms with E-state index in [4.69, 9.17) is 28.4 Å². The average Bonchev–Trinajstić information content (AvgIpc) is 3.35. The zero-order chi connectivity index (χ0) is 40.0. The number of fused-ring (bicyclic) bond motifs is 3. The summed E-state index contributed by atoms with van der Waals surface area (Å²) in [6.07, 6.45) is -16.2. The van der Waals surface area contributed by atoms with Gasteiger partial charge >= 0.3 is 5.97 Å². The topological polar surface area (TPSA) is 275 Å². The van der Waals surface area contributed by atoms with Crippen molar-refractivity contribution in [3.63, 3.8) is 0 Å². The van der Waals surface area contributed by atoms with Crippen molar-refractivity contribution in [2.24, 2.45) is 28.1 Å². The maximum absolute atomic E-state index is 14.1. The normalized spacial score (nSPS) is 55.4. The second kappa shape index (κ2) is 15.0. The van der Waals surface area contributed by atoms with Crippen LogP contribution in [-0.2, 0) is 33.2 Å². The molecule has 21 atom stereocenters. The third kappa shape index (κ3) is 6.63. The maximum Gasteiger partial charge on any atom is 0.314 e. The fourth-order valence-electron chi connectivity index (χ4n) is 12.0. The van der Waals surface area contributed by atoms with E-state index >= 15 is 0 Å². The van der Waals surface area contributed by atoms with Gasteiger partial charge in [-0.3, -0.25) is 4.79 Å². The number of hydrogen-bond acceptors (Lipinski definition) is 17. The molecule has 0 aromatic carbocycles. The van der Waals surface area contributed by atoms with Gasteiger partial charge in [0.1, 0.15) is 67.1 Å².